The van der Waals surface area contributed by atoms with Crippen LogP contribution in [0.5, 0.6) is 0 Å². The van der Waals surface area contributed by atoms with Gasteiger partial charge >= 0.3 is 0 Å². The van der Waals surface area contributed by atoms with Crippen molar-refractivity contribution in [2.45, 2.75) is 32.4 Å². The van der Waals surface area contributed by atoms with E-state index in [9.17, 15) is 9.59 Å². The van der Waals surface area contributed by atoms with E-state index >= 15 is 0 Å². The van der Waals surface area contributed by atoms with Crippen LogP contribution in [0.25, 0.3) is 0 Å². The number of Topliss-reactive ketones (excluding diaryl/α,β-unsaturated/α-hetero) is 1. The van der Waals surface area contributed by atoms with Crippen molar-refractivity contribution < 1.29 is 9.59 Å². The van der Waals surface area contributed by atoms with Gasteiger partial charge in [-0.05, 0) is 55.1 Å². The molecule has 0 aromatic heterocycles. The second kappa shape index (κ2) is 14.2. The van der Waals surface area contributed by atoms with Gasteiger partial charge in [-0.15, -0.1) is 12.4 Å². The molecule has 1 atom stereocenters. The number of nitrogens with zero attached hydrogens (tertiary/aromatic N) is 2. The zero-order valence-corrected chi connectivity index (χ0v) is 21.4. The molecule has 2 aromatic carbocycles. The van der Waals surface area contributed by atoms with Crippen LogP contribution >= 0.6 is 24.2 Å². The molecule has 2 rings (SSSR count). The Morgan fingerprint density at radius 2 is 1.56 bits per heavy atom. The molecule has 1 amide bonds. The van der Waals surface area contributed by atoms with Crippen molar-refractivity contribution in [2.24, 2.45) is 0 Å². The second-order valence-corrected chi connectivity index (χ2v) is 9.07. The number of nitrogens with one attached hydrogen (secondary N) is 1. The highest BCUT2D eigenvalue weighted by Gasteiger charge is 2.18. The van der Waals surface area contributed by atoms with Crippen molar-refractivity contribution in [2.75, 3.05) is 49.7 Å². The summed E-state index contributed by atoms with van der Waals surface area (Å²) in [6.07, 6.45) is 0.448. The van der Waals surface area contributed by atoms with Gasteiger partial charge in [-0.3, -0.25) is 9.59 Å². The number of halogens is 1. The van der Waals surface area contributed by atoms with Gasteiger partial charge in [-0.25, -0.2) is 0 Å². The fraction of sp³-hybridized carbons (Fsp3) is 0.440. The molecular weight excluding hydrogens is 442 g/mol. The maximum absolute atomic E-state index is 13.0. The minimum absolute atomic E-state index is 0. The quantitative estimate of drug-likeness (QED) is 0.408. The molecule has 1 unspecified atom stereocenters. The highest BCUT2D eigenvalue weighted by molar-refractivity contribution is 7.99. The van der Waals surface area contributed by atoms with Crippen molar-refractivity contribution in [3.63, 3.8) is 0 Å². The summed E-state index contributed by atoms with van der Waals surface area (Å²) in [4.78, 5) is 28.7. The molecule has 0 aliphatic carbocycles. The normalized spacial score (nSPS) is 11.6. The summed E-state index contributed by atoms with van der Waals surface area (Å²) >= 11 is 1.85. The van der Waals surface area contributed by atoms with Gasteiger partial charge in [-0.2, -0.15) is 11.8 Å². The number of thioether (sulfide) groups is 1. The molecule has 0 radical (unpaired) electrons. The van der Waals surface area contributed by atoms with Gasteiger partial charge in [0, 0.05) is 61.9 Å². The van der Waals surface area contributed by atoms with E-state index in [0.29, 0.717) is 17.7 Å². The van der Waals surface area contributed by atoms with Crippen molar-refractivity contribution in [1.29, 1.82) is 0 Å². The predicted octanol–water partition coefficient (Wildman–Crippen LogP) is 5.52. The summed E-state index contributed by atoms with van der Waals surface area (Å²) in [5.74, 6) is 0.979. The van der Waals surface area contributed by atoms with E-state index in [-0.39, 0.29) is 29.3 Å². The molecule has 7 heteroatoms. The third-order valence-corrected chi connectivity index (χ3v) is 6.56. The largest absolute Gasteiger partial charge is 0.378 e. The first-order chi connectivity index (χ1) is 14.8. The van der Waals surface area contributed by atoms with E-state index in [0.717, 1.165) is 31.1 Å². The first kappa shape index (κ1) is 28.0. The summed E-state index contributed by atoms with van der Waals surface area (Å²) in [5, 5.41) is 2.84. The number of amides is 1. The smallest absolute Gasteiger partial charge is 0.221 e. The Bertz CT molecular complexity index is 837. The Morgan fingerprint density at radius 1 is 0.969 bits per heavy atom. The summed E-state index contributed by atoms with van der Waals surface area (Å²) in [6, 6.07) is 15.6. The number of hydrogen-bond donors (Lipinski definition) is 1. The van der Waals surface area contributed by atoms with Gasteiger partial charge in [0.05, 0.1) is 0 Å². The zero-order chi connectivity index (χ0) is 22.8. The fourth-order valence-corrected chi connectivity index (χ4v) is 4.62. The molecule has 1 N–H and O–H groups in total. The molecule has 0 aliphatic rings. The Hall–Kier alpha value is -2.02. The molecule has 0 spiro atoms. The maximum atomic E-state index is 13.0. The molecule has 0 fully saturated rings. The maximum Gasteiger partial charge on any atom is 0.221 e. The molecule has 0 bridgehead atoms. The minimum atomic E-state index is -0.120. The van der Waals surface area contributed by atoms with Crippen LogP contribution in [0.15, 0.2) is 48.5 Å². The molecule has 176 valence electrons. The standard InChI is InChI=1S/C25H35N3O2S.ClH/c1-6-28(7-2)16-17-31-25(21-10-14-23(15-11-21)27(4)5)18-24(30)20-8-12-22(13-9-20)26-19(3)29;/h8-15,25H,6-7,16-18H2,1-5H3,(H,26,29);1H. The average molecular weight is 478 g/mol. The molecule has 0 aliphatic heterocycles. The third kappa shape index (κ3) is 8.85. The van der Waals surface area contributed by atoms with E-state index in [2.05, 4.69) is 53.2 Å². The second-order valence-electron chi connectivity index (χ2n) is 7.76. The number of rotatable bonds is 12. The predicted molar refractivity (Wildman–Crippen MR) is 141 cm³/mol. The molecule has 0 heterocycles. The van der Waals surface area contributed by atoms with Crippen LogP contribution in [0.2, 0.25) is 0 Å². The fourth-order valence-electron chi connectivity index (χ4n) is 3.35. The summed E-state index contributed by atoms with van der Waals surface area (Å²) in [6.45, 7) is 8.93. The minimum Gasteiger partial charge on any atom is -0.378 e. The van der Waals surface area contributed by atoms with Gasteiger partial charge in [0.2, 0.25) is 5.91 Å². The van der Waals surface area contributed by atoms with Crippen molar-refractivity contribution in [1.82, 2.24) is 4.90 Å². The number of anilines is 2. The lowest BCUT2D eigenvalue weighted by Crippen LogP contribution is -2.25. The van der Waals surface area contributed by atoms with E-state index < -0.39 is 0 Å². The molecule has 32 heavy (non-hydrogen) atoms. The zero-order valence-electron chi connectivity index (χ0n) is 19.8. The summed E-state index contributed by atoms with van der Waals surface area (Å²) in [5.41, 5.74) is 3.70. The van der Waals surface area contributed by atoms with E-state index in [1.807, 2.05) is 25.9 Å². The van der Waals surface area contributed by atoms with Gasteiger partial charge in [-0.1, -0.05) is 26.0 Å². The average Bonchev–Trinajstić information content (AvgIpc) is 2.76. The number of ketones is 1. The Kier molecular flexibility index (Phi) is 12.4. The first-order valence-corrected chi connectivity index (χ1v) is 11.9. The lowest BCUT2D eigenvalue weighted by Gasteiger charge is -2.22. The number of carbonyl (C=O) groups excluding carboxylic acids is 2. The molecular formula is C25H36ClN3O2S. The topological polar surface area (TPSA) is 52.7 Å². The number of benzene rings is 2. The Balaban J connectivity index is 0.00000512. The van der Waals surface area contributed by atoms with E-state index in [1.165, 1.54) is 12.5 Å². The van der Waals surface area contributed by atoms with Gasteiger partial charge in [0.15, 0.2) is 5.78 Å². The Morgan fingerprint density at radius 3 is 2.06 bits per heavy atom. The molecule has 0 saturated carbocycles. The summed E-state index contributed by atoms with van der Waals surface area (Å²) < 4.78 is 0. The van der Waals surface area contributed by atoms with Crippen LogP contribution in [0.3, 0.4) is 0 Å². The van der Waals surface area contributed by atoms with Gasteiger partial charge < -0.3 is 15.1 Å². The van der Waals surface area contributed by atoms with Crippen LogP contribution in [0.1, 0.15) is 48.4 Å². The highest BCUT2D eigenvalue weighted by atomic mass is 35.5. The van der Waals surface area contributed by atoms with Crippen LogP contribution < -0.4 is 10.2 Å². The van der Waals surface area contributed by atoms with Crippen LogP contribution in [0, 0.1) is 0 Å². The van der Waals surface area contributed by atoms with Gasteiger partial charge in [0.1, 0.15) is 0 Å². The molecule has 5 nitrogen and oxygen atoms in total. The third-order valence-electron chi connectivity index (χ3n) is 5.30. The lowest BCUT2D eigenvalue weighted by atomic mass is 10.0. The van der Waals surface area contributed by atoms with Gasteiger partial charge in [0.25, 0.3) is 0 Å². The lowest BCUT2D eigenvalue weighted by molar-refractivity contribution is -0.114. The van der Waals surface area contributed by atoms with Crippen LogP contribution in [0.4, 0.5) is 11.4 Å². The van der Waals surface area contributed by atoms with Crippen molar-refractivity contribution in [3.05, 3.63) is 59.7 Å². The Labute approximate surface area is 203 Å². The summed E-state index contributed by atoms with van der Waals surface area (Å²) in [7, 11) is 4.05. The van der Waals surface area contributed by atoms with E-state index in [4.69, 9.17) is 0 Å². The van der Waals surface area contributed by atoms with E-state index in [1.54, 1.807) is 24.3 Å². The van der Waals surface area contributed by atoms with Crippen LogP contribution in [-0.2, 0) is 4.79 Å². The monoisotopic (exact) mass is 477 g/mol. The SMILES string of the molecule is CCN(CC)CCSC(CC(=O)c1ccc(NC(C)=O)cc1)c1ccc(N(C)C)cc1.Cl. The first-order valence-electron chi connectivity index (χ1n) is 10.9. The highest BCUT2D eigenvalue weighted by Crippen LogP contribution is 2.34. The van der Waals surface area contributed by atoms with Crippen LogP contribution in [-0.4, -0.2) is 56.1 Å². The number of hydrogen-bond acceptors (Lipinski definition) is 5. The molecule has 2 aromatic rings. The van der Waals surface area contributed by atoms with Crippen molar-refractivity contribution >= 4 is 47.2 Å². The van der Waals surface area contributed by atoms with Crippen molar-refractivity contribution in [3.8, 4) is 0 Å². The molecule has 0 saturated heterocycles. The number of carbonyl (C=O) groups is 2.